The van der Waals surface area contributed by atoms with E-state index in [0.717, 1.165) is 41.4 Å². The van der Waals surface area contributed by atoms with Gasteiger partial charge in [-0.05, 0) is 55.9 Å². The highest BCUT2D eigenvalue weighted by molar-refractivity contribution is 7.09. The monoisotopic (exact) mass is 384 g/mol. The highest BCUT2D eigenvalue weighted by Crippen LogP contribution is 2.23. The first kappa shape index (κ1) is 19.6. The van der Waals surface area contributed by atoms with E-state index in [1.165, 1.54) is 6.42 Å². The van der Waals surface area contributed by atoms with E-state index in [0.29, 0.717) is 18.6 Å². The zero-order valence-corrected chi connectivity index (χ0v) is 17.2. The second-order valence-corrected chi connectivity index (χ2v) is 8.45. The van der Waals surface area contributed by atoms with Gasteiger partial charge < -0.3 is 9.64 Å². The average Bonchev–Trinajstić information content (AvgIpc) is 3.10. The topological polar surface area (TPSA) is 42.4 Å². The van der Waals surface area contributed by atoms with E-state index in [-0.39, 0.29) is 5.91 Å². The van der Waals surface area contributed by atoms with Gasteiger partial charge in [0.05, 0.1) is 10.7 Å². The Labute approximate surface area is 165 Å². The molecule has 144 valence electrons. The van der Waals surface area contributed by atoms with Crippen LogP contribution in [0.25, 0.3) is 6.08 Å². The molecule has 1 aromatic carbocycles. The van der Waals surface area contributed by atoms with Crippen LogP contribution in [0.3, 0.4) is 0 Å². The van der Waals surface area contributed by atoms with Crippen LogP contribution in [0.15, 0.2) is 35.7 Å². The lowest BCUT2D eigenvalue weighted by molar-refractivity contribution is -0.130. The molecular formula is C22H28N2O2S. The summed E-state index contributed by atoms with van der Waals surface area (Å²) < 4.78 is 5.77. The van der Waals surface area contributed by atoms with Gasteiger partial charge in [0.15, 0.2) is 0 Å². The molecule has 0 N–H and O–H groups in total. The molecule has 5 heteroatoms. The van der Waals surface area contributed by atoms with E-state index in [2.05, 4.69) is 18.8 Å². The fraction of sp³-hybridized carbons (Fsp3) is 0.455. The Morgan fingerprint density at radius 1 is 1.33 bits per heavy atom. The summed E-state index contributed by atoms with van der Waals surface area (Å²) in [4.78, 5) is 19.1. The summed E-state index contributed by atoms with van der Waals surface area (Å²) in [5.41, 5.74) is 1.95. The summed E-state index contributed by atoms with van der Waals surface area (Å²) in [5.74, 6) is 1.42. The number of aromatic nitrogens is 1. The van der Waals surface area contributed by atoms with Crippen molar-refractivity contribution in [2.24, 2.45) is 5.92 Å². The van der Waals surface area contributed by atoms with Crippen molar-refractivity contribution in [2.45, 2.75) is 52.7 Å². The molecule has 2 heterocycles. The summed E-state index contributed by atoms with van der Waals surface area (Å²) in [6.07, 6.45) is 7.03. The molecule has 0 radical (unpaired) electrons. The third-order valence-corrected chi connectivity index (χ3v) is 5.78. The molecule has 1 aliphatic rings. The summed E-state index contributed by atoms with van der Waals surface area (Å²) in [6.45, 7) is 7.74. The van der Waals surface area contributed by atoms with Gasteiger partial charge in [0, 0.05) is 24.0 Å². The number of amides is 1. The van der Waals surface area contributed by atoms with Crippen LogP contribution in [0.1, 0.15) is 49.4 Å². The Kier molecular flexibility index (Phi) is 6.67. The van der Waals surface area contributed by atoms with Crippen LogP contribution in [0.4, 0.5) is 0 Å². The Balaban J connectivity index is 1.56. The number of carbonyl (C=O) groups excluding carboxylic acids is 1. The number of carbonyl (C=O) groups is 1. The van der Waals surface area contributed by atoms with Crippen LogP contribution >= 0.6 is 11.3 Å². The van der Waals surface area contributed by atoms with Gasteiger partial charge in [-0.2, -0.15) is 0 Å². The lowest BCUT2D eigenvalue weighted by Gasteiger charge is -2.37. The molecule has 1 atom stereocenters. The Morgan fingerprint density at radius 2 is 2.11 bits per heavy atom. The second kappa shape index (κ2) is 9.18. The first-order chi connectivity index (χ1) is 13.0. The smallest absolute Gasteiger partial charge is 0.246 e. The lowest BCUT2D eigenvalue weighted by atomic mass is 9.92. The molecule has 1 fully saturated rings. The Morgan fingerprint density at radius 3 is 2.78 bits per heavy atom. The zero-order chi connectivity index (χ0) is 19.2. The van der Waals surface area contributed by atoms with Crippen molar-refractivity contribution in [3.63, 3.8) is 0 Å². The average molecular weight is 385 g/mol. The maximum Gasteiger partial charge on any atom is 0.246 e. The van der Waals surface area contributed by atoms with Crippen LogP contribution in [0.5, 0.6) is 5.75 Å². The molecule has 1 saturated heterocycles. The quantitative estimate of drug-likeness (QED) is 0.652. The standard InChI is InChI=1S/C22H28N2O2S/c1-16(2)21-6-4-5-13-24(21)22(25)12-9-18-7-10-20(11-8-18)26-14-19-15-27-17(3)23-19/h7-12,15-16,21H,4-6,13-14H2,1-3H3/b12-9+. The van der Waals surface area contributed by atoms with Crippen LogP contribution in [-0.4, -0.2) is 28.4 Å². The third-order valence-electron chi connectivity index (χ3n) is 4.95. The van der Waals surface area contributed by atoms with E-state index in [1.807, 2.05) is 47.5 Å². The highest BCUT2D eigenvalue weighted by Gasteiger charge is 2.27. The van der Waals surface area contributed by atoms with Crippen molar-refractivity contribution in [3.05, 3.63) is 52.0 Å². The number of rotatable bonds is 6. The van der Waals surface area contributed by atoms with Gasteiger partial charge in [-0.3, -0.25) is 4.79 Å². The number of likely N-dealkylation sites (tertiary alicyclic amines) is 1. The number of hydrogen-bond donors (Lipinski definition) is 0. The van der Waals surface area contributed by atoms with Crippen molar-refractivity contribution in [2.75, 3.05) is 6.54 Å². The SMILES string of the molecule is Cc1nc(COc2ccc(/C=C/C(=O)N3CCCCC3C(C)C)cc2)cs1. The summed E-state index contributed by atoms with van der Waals surface area (Å²) in [5, 5.41) is 3.07. The van der Waals surface area contributed by atoms with Crippen LogP contribution < -0.4 is 4.74 Å². The molecular weight excluding hydrogens is 356 g/mol. The largest absolute Gasteiger partial charge is 0.487 e. The minimum atomic E-state index is 0.118. The predicted molar refractivity (Wildman–Crippen MR) is 111 cm³/mol. The molecule has 1 aromatic heterocycles. The first-order valence-electron chi connectivity index (χ1n) is 9.65. The predicted octanol–water partition coefficient (Wildman–Crippen LogP) is 5.08. The van der Waals surface area contributed by atoms with Crippen molar-refractivity contribution >= 4 is 23.3 Å². The summed E-state index contributed by atoms with van der Waals surface area (Å²) in [7, 11) is 0. The van der Waals surface area contributed by atoms with E-state index in [4.69, 9.17) is 4.74 Å². The van der Waals surface area contributed by atoms with Crippen molar-refractivity contribution in [3.8, 4) is 5.75 Å². The van der Waals surface area contributed by atoms with Crippen LogP contribution in [-0.2, 0) is 11.4 Å². The van der Waals surface area contributed by atoms with Gasteiger partial charge >= 0.3 is 0 Å². The van der Waals surface area contributed by atoms with E-state index in [1.54, 1.807) is 17.4 Å². The van der Waals surface area contributed by atoms with Crippen LogP contribution in [0.2, 0.25) is 0 Å². The maximum atomic E-state index is 12.6. The number of benzene rings is 1. The van der Waals surface area contributed by atoms with E-state index < -0.39 is 0 Å². The second-order valence-electron chi connectivity index (χ2n) is 7.39. The van der Waals surface area contributed by atoms with Gasteiger partial charge in [0.25, 0.3) is 0 Å². The molecule has 0 bridgehead atoms. The lowest BCUT2D eigenvalue weighted by Crippen LogP contribution is -2.45. The fourth-order valence-electron chi connectivity index (χ4n) is 3.49. The van der Waals surface area contributed by atoms with E-state index >= 15 is 0 Å². The molecule has 2 aromatic rings. The summed E-state index contributed by atoms with van der Waals surface area (Å²) >= 11 is 1.63. The molecule has 27 heavy (non-hydrogen) atoms. The van der Waals surface area contributed by atoms with E-state index in [9.17, 15) is 4.79 Å². The number of thiazole rings is 1. The van der Waals surface area contributed by atoms with Gasteiger partial charge in [0.2, 0.25) is 5.91 Å². The van der Waals surface area contributed by atoms with Gasteiger partial charge in [0.1, 0.15) is 12.4 Å². The van der Waals surface area contributed by atoms with Gasteiger partial charge in [-0.25, -0.2) is 4.98 Å². The first-order valence-corrected chi connectivity index (χ1v) is 10.5. The molecule has 1 amide bonds. The molecule has 0 saturated carbocycles. The van der Waals surface area contributed by atoms with Gasteiger partial charge in [-0.1, -0.05) is 26.0 Å². The Bertz CT molecular complexity index is 780. The molecule has 1 aliphatic heterocycles. The fourth-order valence-corrected chi connectivity index (χ4v) is 4.09. The molecule has 0 spiro atoms. The molecule has 3 rings (SSSR count). The molecule has 1 unspecified atom stereocenters. The number of aryl methyl sites for hydroxylation is 1. The number of nitrogens with zero attached hydrogens (tertiary/aromatic N) is 2. The molecule has 0 aliphatic carbocycles. The minimum Gasteiger partial charge on any atom is -0.487 e. The van der Waals surface area contributed by atoms with Crippen molar-refractivity contribution in [1.82, 2.24) is 9.88 Å². The normalized spacial score (nSPS) is 17.6. The minimum absolute atomic E-state index is 0.118. The van der Waals surface area contributed by atoms with Crippen molar-refractivity contribution < 1.29 is 9.53 Å². The Hall–Kier alpha value is -2.14. The third kappa shape index (κ3) is 5.42. The zero-order valence-electron chi connectivity index (χ0n) is 16.4. The van der Waals surface area contributed by atoms with Crippen molar-refractivity contribution in [1.29, 1.82) is 0 Å². The molecule has 4 nitrogen and oxygen atoms in total. The summed E-state index contributed by atoms with van der Waals surface area (Å²) in [6, 6.07) is 8.17. The number of ether oxygens (including phenoxy) is 1. The number of piperidine rings is 1. The maximum absolute atomic E-state index is 12.6. The van der Waals surface area contributed by atoms with Crippen LogP contribution in [0, 0.1) is 12.8 Å². The highest BCUT2D eigenvalue weighted by atomic mass is 32.1. The number of hydrogen-bond acceptors (Lipinski definition) is 4. The van der Waals surface area contributed by atoms with Gasteiger partial charge in [-0.15, -0.1) is 11.3 Å².